The van der Waals surface area contributed by atoms with E-state index in [9.17, 15) is 20.2 Å². The van der Waals surface area contributed by atoms with Gasteiger partial charge in [0.25, 0.3) is 5.69 Å². The van der Waals surface area contributed by atoms with Crippen LogP contribution in [-0.2, 0) is 4.79 Å². The molecule has 0 aliphatic heterocycles. The zero-order valence-electron chi connectivity index (χ0n) is 11.8. The van der Waals surface area contributed by atoms with Crippen LogP contribution in [0.25, 0.3) is 0 Å². The Morgan fingerprint density at radius 3 is 2.71 bits per heavy atom. The number of nitrogens with one attached hydrogen (secondary N) is 1. The van der Waals surface area contributed by atoms with E-state index < -0.39 is 16.2 Å². The first-order valence-electron chi connectivity index (χ1n) is 6.47. The van der Waals surface area contributed by atoms with E-state index in [0.717, 1.165) is 0 Å². The Morgan fingerprint density at radius 2 is 2.24 bits per heavy atom. The Labute approximate surface area is 121 Å². The third-order valence-electron chi connectivity index (χ3n) is 3.68. The SMILES string of the molecule is COc1ccc([N+](=O)[O-])cc1NC(=O)C1(C#N)CC(C)C1. The van der Waals surface area contributed by atoms with Crippen molar-refractivity contribution in [1.82, 2.24) is 0 Å². The molecule has 0 aromatic heterocycles. The summed E-state index contributed by atoms with van der Waals surface area (Å²) >= 11 is 0. The number of benzene rings is 1. The van der Waals surface area contributed by atoms with Gasteiger partial charge in [-0.2, -0.15) is 5.26 Å². The molecule has 2 rings (SSSR count). The number of nitriles is 1. The second-order valence-electron chi connectivity index (χ2n) is 5.30. The highest BCUT2D eigenvalue weighted by Crippen LogP contribution is 2.46. The molecule has 1 aromatic carbocycles. The summed E-state index contributed by atoms with van der Waals surface area (Å²) in [4.78, 5) is 22.5. The van der Waals surface area contributed by atoms with Gasteiger partial charge in [0.15, 0.2) is 0 Å². The maximum atomic E-state index is 12.3. The van der Waals surface area contributed by atoms with Crippen molar-refractivity contribution < 1.29 is 14.5 Å². The average molecular weight is 289 g/mol. The number of rotatable bonds is 4. The van der Waals surface area contributed by atoms with Crippen molar-refractivity contribution in [2.45, 2.75) is 19.8 Å². The Morgan fingerprint density at radius 1 is 1.57 bits per heavy atom. The van der Waals surface area contributed by atoms with Gasteiger partial charge >= 0.3 is 0 Å². The minimum atomic E-state index is -1.05. The molecule has 0 bridgehead atoms. The first kappa shape index (κ1) is 14.8. The van der Waals surface area contributed by atoms with Crippen LogP contribution < -0.4 is 10.1 Å². The van der Waals surface area contributed by atoms with Crippen molar-refractivity contribution in [2.75, 3.05) is 12.4 Å². The van der Waals surface area contributed by atoms with Crippen molar-refractivity contribution in [3.63, 3.8) is 0 Å². The van der Waals surface area contributed by atoms with Gasteiger partial charge in [-0.1, -0.05) is 6.92 Å². The first-order chi connectivity index (χ1) is 9.91. The van der Waals surface area contributed by atoms with E-state index in [0.29, 0.717) is 24.5 Å². The quantitative estimate of drug-likeness (QED) is 0.677. The second-order valence-corrected chi connectivity index (χ2v) is 5.30. The number of nitro groups is 1. The number of anilines is 1. The van der Waals surface area contributed by atoms with Gasteiger partial charge in [-0.05, 0) is 24.8 Å². The summed E-state index contributed by atoms with van der Waals surface area (Å²) in [7, 11) is 1.41. The molecule has 7 heteroatoms. The fourth-order valence-corrected chi connectivity index (χ4v) is 2.61. The Balaban J connectivity index is 2.26. The maximum absolute atomic E-state index is 12.3. The van der Waals surface area contributed by atoms with E-state index in [4.69, 9.17) is 4.74 Å². The number of ether oxygens (including phenoxy) is 1. The number of non-ortho nitro benzene ring substituents is 1. The highest BCUT2D eigenvalue weighted by Gasteiger charge is 2.49. The van der Waals surface area contributed by atoms with E-state index in [-0.39, 0.29) is 11.4 Å². The van der Waals surface area contributed by atoms with E-state index >= 15 is 0 Å². The van der Waals surface area contributed by atoms with Crippen LogP contribution in [0.5, 0.6) is 5.75 Å². The molecule has 0 heterocycles. The van der Waals surface area contributed by atoms with E-state index in [1.165, 1.54) is 25.3 Å². The standard InChI is InChI=1S/C14H15N3O4/c1-9-6-14(7-9,8-15)13(18)16-11-5-10(17(19)20)3-4-12(11)21-2/h3-5,9H,6-7H2,1-2H3,(H,16,18). The number of methoxy groups -OCH3 is 1. The van der Waals surface area contributed by atoms with Crippen molar-refractivity contribution in [2.24, 2.45) is 11.3 Å². The molecular formula is C14H15N3O4. The van der Waals surface area contributed by atoms with Gasteiger partial charge in [-0.25, -0.2) is 0 Å². The van der Waals surface area contributed by atoms with Gasteiger partial charge in [0, 0.05) is 12.1 Å². The molecule has 0 atom stereocenters. The molecule has 21 heavy (non-hydrogen) atoms. The van der Waals surface area contributed by atoms with Crippen LogP contribution >= 0.6 is 0 Å². The lowest BCUT2D eigenvalue weighted by atomic mass is 9.63. The lowest BCUT2D eigenvalue weighted by Crippen LogP contribution is -2.45. The molecule has 0 unspecified atom stereocenters. The molecule has 1 amide bonds. The molecule has 0 radical (unpaired) electrons. The lowest BCUT2D eigenvalue weighted by Gasteiger charge is -2.39. The topological polar surface area (TPSA) is 105 Å². The van der Waals surface area contributed by atoms with Gasteiger partial charge in [0.2, 0.25) is 5.91 Å². The summed E-state index contributed by atoms with van der Waals surface area (Å²) in [6.45, 7) is 1.97. The minimum absolute atomic E-state index is 0.154. The predicted molar refractivity (Wildman–Crippen MR) is 74.7 cm³/mol. The second kappa shape index (κ2) is 5.40. The predicted octanol–water partition coefficient (Wildman–Crippen LogP) is 2.48. The zero-order chi connectivity index (χ0) is 15.6. The number of hydrogen-bond donors (Lipinski definition) is 1. The van der Waals surface area contributed by atoms with Crippen LogP contribution in [-0.4, -0.2) is 17.9 Å². The molecule has 0 spiro atoms. The molecule has 1 fully saturated rings. The highest BCUT2D eigenvalue weighted by molar-refractivity contribution is 5.99. The summed E-state index contributed by atoms with van der Waals surface area (Å²) in [5.41, 5.74) is -1.00. The number of carbonyl (C=O) groups excluding carboxylic acids is 1. The molecule has 110 valence electrons. The molecule has 1 saturated carbocycles. The van der Waals surface area contributed by atoms with Crippen LogP contribution in [0.4, 0.5) is 11.4 Å². The van der Waals surface area contributed by atoms with E-state index in [2.05, 4.69) is 11.4 Å². The number of nitro benzene ring substituents is 1. The Kier molecular flexibility index (Phi) is 3.80. The van der Waals surface area contributed by atoms with Crippen LogP contribution in [0.1, 0.15) is 19.8 Å². The summed E-state index contributed by atoms with van der Waals surface area (Å²) in [5, 5.41) is 22.6. The van der Waals surface area contributed by atoms with Crippen molar-refractivity contribution in [1.29, 1.82) is 5.26 Å². The van der Waals surface area contributed by atoms with Crippen LogP contribution in [0.2, 0.25) is 0 Å². The number of amides is 1. The molecular weight excluding hydrogens is 274 g/mol. The van der Waals surface area contributed by atoms with Crippen molar-refractivity contribution in [3.05, 3.63) is 28.3 Å². The summed E-state index contributed by atoms with van der Waals surface area (Å²) in [6.07, 6.45) is 0.985. The fourth-order valence-electron chi connectivity index (χ4n) is 2.61. The molecule has 1 aliphatic rings. The zero-order valence-corrected chi connectivity index (χ0v) is 11.8. The third-order valence-corrected chi connectivity index (χ3v) is 3.68. The molecule has 1 aliphatic carbocycles. The van der Waals surface area contributed by atoms with Gasteiger partial charge in [-0.3, -0.25) is 14.9 Å². The number of carbonyl (C=O) groups is 1. The Hall–Kier alpha value is -2.62. The number of nitrogens with zero attached hydrogens (tertiary/aromatic N) is 2. The smallest absolute Gasteiger partial charge is 0.271 e. The fraction of sp³-hybridized carbons (Fsp3) is 0.429. The monoisotopic (exact) mass is 289 g/mol. The molecule has 7 nitrogen and oxygen atoms in total. The van der Waals surface area contributed by atoms with Gasteiger partial charge in [0.1, 0.15) is 11.2 Å². The maximum Gasteiger partial charge on any atom is 0.271 e. The molecule has 0 saturated heterocycles. The normalized spacial score (nSPS) is 23.6. The summed E-state index contributed by atoms with van der Waals surface area (Å²) in [6, 6.07) is 5.98. The first-order valence-corrected chi connectivity index (χ1v) is 6.47. The molecule has 1 N–H and O–H groups in total. The molecule has 1 aromatic rings. The van der Waals surface area contributed by atoms with Crippen molar-refractivity contribution in [3.8, 4) is 11.8 Å². The Bertz CT molecular complexity index is 630. The average Bonchev–Trinajstić information content (AvgIpc) is 2.43. The summed E-state index contributed by atoms with van der Waals surface area (Å²) < 4.78 is 5.08. The highest BCUT2D eigenvalue weighted by atomic mass is 16.6. The van der Waals surface area contributed by atoms with Crippen LogP contribution in [0.3, 0.4) is 0 Å². The van der Waals surface area contributed by atoms with Gasteiger partial charge in [0.05, 0.1) is 23.8 Å². The number of hydrogen-bond acceptors (Lipinski definition) is 5. The van der Waals surface area contributed by atoms with Gasteiger partial charge in [-0.15, -0.1) is 0 Å². The third kappa shape index (κ3) is 2.65. The van der Waals surface area contributed by atoms with Gasteiger partial charge < -0.3 is 10.1 Å². The van der Waals surface area contributed by atoms with Crippen LogP contribution in [0.15, 0.2) is 18.2 Å². The van der Waals surface area contributed by atoms with E-state index in [1.54, 1.807) is 0 Å². The van der Waals surface area contributed by atoms with Crippen molar-refractivity contribution >= 4 is 17.3 Å². The van der Waals surface area contributed by atoms with E-state index in [1.807, 2.05) is 6.92 Å². The summed E-state index contributed by atoms with van der Waals surface area (Å²) in [5.74, 6) is 0.193. The van der Waals surface area contributed by atoms with Crippen LogP contribution in [0, 0.1) is 32.8 Å². The largest absolute Gasteiger partial charge is 0.495 e. The minimum Gasteiger partial charge on any atom is -0.495 e. The lowest BCUT2D eigenvalue weighted by molar-refractivity contribution is -0.384.